The van der Waals surface area contributed by atoms with Gasteiger partial charge in [-0.05, 0) is 47.9 Å². The summed E-state index contributed by atoms with van der Waals surface area (Å²) in [6.45, 7) is 1.87. The topological polar surface area (TPSA) is 133 Å². The monoisotopic (exact) mass is 476 g/mol. The van der Waals surface area contributed by atoms with E-state index in [2.05, 4.69) is 10.6 Å². The summed E-state index contributed by atoms with van der Waals surface area (Å²) >= 11 is 0. The number of rotatable bonds is 12. The van der Waals surface area contributed by atoms with Gasteiger partial charge in [0, 0.05) is 23.4 Å². The highest BCUT2D eigenvalue weighted by molar-refractivity contribution is 8.77. The molecule has 0 aliphatic rings. The Bertz CT molecular complexity index is 970. The Kier molecular flexibility index (Phi) is 9.61. The molecule has 0 saturated carbocycles. The SMILES string of the molecule is CCC(NC(=O)c1ccccc1)(SSc1ccccc1C(=O)NCCCC(=O)O)C(=O)O. The summed E-state index contributed by atoms with van der Waals surface area (Å²) in [5, 5.41) is 23.9. The van der Waals surface area contributed by atoms with Crippen molar-refractivity contribution >= 4 is 45.3 Å². The fourth-order valence-electron chi connectivity index (χ4n) is 2.63. The van der Waals surface area contributed by atoms with Crippen molar-refractivity contribution in [3.8, 4) is 0 Å². The molecule has 1 atom stereocenters. The van der Waals surface area contributed by atoms with Crippen molar-refractivity contribution in [1.29, 1.82) is 0 Å². The van der Waals surface area contributed by atoms with Gasteiger partial charge < -0.3 is 20.8 Å². The number of hydrogen-bond donors (Lipinski definition) is 4. The number of nitrogens with one attached hydrogen (secondary N) is 2. The Morgan fingerprint density at radius 1 is 0.938 bits per heavy atom. The molecule has 0 heterocycles. The lowest BCUT2D eigenvalue weighted by Crippen LogP contribution is -2.51. The van der Waals surface area contributed by atoms with Crippen molar-refractivity contribution in [2.45, 2.75) is 36.0 Å². The summed E-state index contributed by atoms with van der Waals surface area (Å²) < 4.78 is 0. The number of amides is 2. The quantitative estimate of drug-likeness (QED) is 0.207. The van der Waals surface area contributed by atoms with Gasteiger partial charge in [-0.25, -0.2) is 4.79 Å². The van der Waals surface area contributed by atoms with Gasteiger partial charge in [-0.3, -0.25) is 14.4 Å². The number of aliphatic carboxylic acids is 2. The molecule has 2 aromatic carbocycles. The largest absolute Gasteiger partial charge is 0.481 e. The summed E-state index contributed by atoms with van der Waals surface area (Å²) in [5.74, 6) is -3.02. The van der Waals surface area contributed by atoms with Crippen LogP contribution < -0.4 is 10.6 Å². The summed E-state index contributed by atoms with van der Waals surface area (Å²) in [5.41, 5.74) is 0.684. The number of carbonyl (C=O) groups is 4. The molecule has 10 heteroatoms. The van der Waals surface area contributed by atoms with Crippen LogP contribution in [-0.4, -0.2) is 45.4 Å². The Labute approximate surface area is 193 Å². The highest BCUT2D eigenvalue weighted by atomic mass is 33.1. The molecule has 32 heavy (non-hydrogen) atoms. The lowest BCUT2D eigenvalue weighted by Gasteiger charge is -2.28. The van der Waals surface area contributed by atoms with Crippen LogP contribution in [0, 0.1) is 0 Å². The maximum Gasteiger partial charge on any atom is 0.340 e. The summed E-state index contributed by atoms with van der Waals surface area (Å²) in [7, 11) is 2.03. The molecule has 0 aliphatic carbocycles. The summed E-state index contributed by atoms with van der Waals surface area (Å²) in [6.07, 6.45) is 0.363. The van der Waals surface area contributed by atoms with Crippen molar-refractivity contribution in [2.75, 3.05) is 6.54 Å². The van der Waals surface area contributed by atoms with Gasteiger partial charge >= 0.3 is 11.9 Å². The average molecular weight is 477 g/mol. The maximum atomic E-state index is 12.6. The highest BCUT2D eigenvalue weighted by Crippen LogP contribution is 2.43. The molecular formula is C22H24N2O6S2. The van der Waals surface area contributed by atoms with Crippen LogP contribution in [-0.2, 0) is 9.59 Å². The van der Waals surface area contributed by atoms with Crippen molar-refractivity contribution in [1.82, 2.24) is 10.6 Å². The third-order valence-corrected chi connectivity index (χ3v) is 7.56. The minimum Gasteiger partial charge on any atom is -0.481 e. The normalized spacial score (nSPS) is 12.4. The van der Waals surface area contributed by atoms with Gasteiger partial charge in [0.2, 0.25) is 0 Å². The molecule has 0 spiro atoms. The molecule has 2 amide bonds. The van der Waals surface area contributed by atoms with Gasteiger partial charge in [0.05, 0.1) is 5.56 Å². The predicted molar refractivity (Wildman–Crippen MR) is 124 cm³/mol. The zero-order chi connectivity index (χ0) is 23.6. The molecular weight excluding hydrogens is 452 g/mol. The zero-order valence-electron chi connectivity index (χ0n) is 17.4. The first-order valence-corrected chi connectivity index (χ1v) is 12.0. The van der Waals surface area contributed by atoms with E-state index in [4.69, 9.17) is 5.11 Å². The second kappa shape index (κ2) is 12.2. The molecule has 0 bridgehead atoms. The molecule has 2 rings (SSSR count). The van der Waals surface area contributed by atoms with E-state index >= 15 is 0 Å². The van der Waals surface area contributed by atoms with Crippen molar-refractivity contribution in [3.63, 3.8) is 0 Å². The number of carbonyl (C=O) groups excluding carboxylic acids is 2. The molecule has 4 N–H and O–H groups in total. The van der Waals surface area contributed by atoms with E-state index in [1.54, 1.807) is 61.5 Å². The molecule has 2 aromatic rings. The van der Waals surface area contributed by atoms with Crippen LogP contribution in [0.25, 0.3) is 0 Å². The third-order valence-electron chi connectivity index (χ3n) is 4.45. The van der Waals surface area contributed by atoms with E-state index in [0.717, 1.165) is 21.6 Å². The minimum atomic E-state index is -1.61. The average Bonchev–Trinajstić information content (AvgIpc) is 2.79. The molecule has 0 aliphatic heterocycles. The van der Waals surface area contributed by atoms with Crippen LogP contribution in [0.2, 0.25) is 0 Å². The van der Waals surface area contributed by atoms with Gasteiger partial charge in [-0.1, -0.05) is 48.0 Å². The summed E-state index contributed by atoms with van der Waals surface area (Å²) in [6, 6.07) is 15.0. The van der Waals surface area contributed by atoms with Crippen LogP contribution in [0.3, 0.4) is 0 Å². The first-order valence-electron chi connectivity index (χ1n) is 9.84. The van der Waals surface area contributed by atoms with Crippen LogP contribution >= 0.6 is 21.6 Å². The van der Waals surface area contributed by atoms with E-state index in [1.165, 1.54) is 0 Å². The Hall–Kier alpha value is -2.98. The highest BCUT2D eigenvalue weighted by Gasteiger charge is 2.40. The minimum absolute atomic E-state index is 0.0503. The fraction of sp³-hybridized carbons (Fsp3) is 0.273. The molecule has 0 saturated heterocycles. The van der Waals surface area contributed by atoms with Gasteiger partial charge in [0.25, 0.3) is 11.8 Å². The van der Waals surface area contributed by atoms with Crippen LogP contribution in [0.15, 0.2) is 59.5 Å². The smallest absolute Gasteiger partial charge is 0.340 e. The summed E-state index contributed by atoms with van der Waals surface area (Å²) in [4.78, 5) is 46.8. The lowest BCUT2D eigenvalue weighted by molar-refractivity contribution is -0.140. The second-order valence-corrected chi connectivity index (χ2v) is 9.19. The van der Waals surface area contributed by atoms with E-state index in [1.807, 2.05) is 0 Å². The van der Waals surface area contributed by atoms with Crippen molar-refractivity contribution in [3.05, 3.63) is 65.7 Å². The Morgan fingerprint density at radius 3 is 2.22 bits per heavy atom. The third kappa shape index (κ3) is 7.03. The van der Waals surface area contributed by atoms with Gasteiger partial charge in [0.15, 0.2) is 4.87 Å². The van der Waals surface area contributed by atoms with Gasteiger partial charge in [0.1, 0.15) is 0 Å². The second-order valence-electron chi connectivity index (χ2n) is 6.72. The van der Waals surface area contributed by atoms with Gasteiger partial charge in [-0.2, -0.15) is 0 Å². The Balaban J connectivity index is 2.13. The van der Waals surface area contributed by atoms with E-state index < -0.39 is 22.7 Å². The van der Waals surface area contributed by atoms with E-state index in [-0.39, 0.29) is 25.3 Å². The molecule has 0 aromatic heterocycles. The molecule has 170 valence electrons. The van der Waals surface area contributed by atoms with Crippen LogP contribution in [0.5, 0.6) is 0 Å². The van der Waals surface area contributed by atoms with Crippen LogP contribution in [0.4, 0.5) is 0 Å². The molecule has 1 unspecified atom stereocenters. The van der Waals surface area contributed by atoms with Crippen molar-refractivity contribution in [2.24, 2.45) is 0 Å². The standard InChI is InChI=1S/C22H24N2O6S2/c1-2-22(21(29)30,24-19(27)15-9-4-3-5-10-15)32-31-17-12-7-6-11-16(17)20(28)23-14-8-13-18(25)26/h3-7,9-12H,2,8,13-14H2,1H3,(H,23,28)(H,24,27)(H,25,26)(H,29,30). The van der Waals surface area contributed by atoms with Gasteiger partial charge in [-0.15, -0.1) is 0 Å². The number of carboxylic acids is 2. The molecule has 0 radical (unpaired) electrons. The fourth-order valence-corrected chi connectivity index (χ4v) is 5.40. The number of benzene rings is 2. The lowest BCUT2D eigenvalue weighted by atomic mass is 10.1. The zero-order valence-corrected chi connectivity index (χ0v) is 19.0. The molecule has 8 nitrogen and oxygen atoms in total. The number of carboxylic acid groups (broad SMARTS) is 2. The van der Waals surface area contributed by atoms with E-state index in [9.17, 15) is 24.3 Å². The van der Waals surface area contributed by atoms with Crippen LogP contribution in [0.1, 0.15) is 46.9 Å². The first-order chi connectivity index (χ1) is 15.3. The number of hydrogen-bond acceptors (Lipinski definition) is 6. The van der Waals surface area contributed by atoms with Crippen molar-refractivity contribution < 1.29 is 29.4 Å². The first kappa shape index (κ1) is 25.3. The molecule has 0 fully saturated rings. The predicted octanol–water partition coefficient (Wildman–Crippen LogP) is 3.64. The maximum absolute atomic E-state index is 12.6. The Morgan fingerprint density at radius 2 is 1.59 bits per heavy atom. The van der Waals surface area contributed by atoms with E-state index in [0.29, 0.717) is 22.4 Å².